The highest BCUT2D eigenvalue weighted by molar-refractivity contribution is 5.94. The molecule has 0 unspecified atom stereocenters. The molecule has 0 aliphatic heterocycles. The van der Waals surface area contributed by atoms with Crippen molar-refractivity contribution in [3.05, 3.63) is 54.1 Å². The van der Waals surface area contributed by atoms with Crippen LogP contribution in [0.1, 0.15) is 12.5 Å². The summed E-state index contributed by atoms with van der Waals surface area (Å²) in [7, 11) is 1.59. The number of methoxy groups -OCH3 is 1. The van der Waals surface area contributed by atoms with Gasteiger partial charge in [-0.15, -0.1) is 0 Å². The van der Waals surface area contributed by atoms with Crippen LogP contribution in [0.15, 0.2) is 48.5 Å². The highest BCUT2D eigenvalue weighted by Gasteiger charge is 2.15. The molecule has 0 fully saturated rings. The summed E-state index contributed by atoms with van der Waals surface area (Å²) in [5, 5.41) is 0. The molecule has 0 aliphatic carbocycles. The highest BCUT2D eigenvalue weighted by Crippen LogP contribution is 2.27. The van der Waals surface area contributed by atoms with Gasteiger partial charge in [0.25, 0.3) is 5.91 Å². The molecule has 0 atom stereocenters. The minimum Gasteiger partial charge on any atom is -0.493 e. The number of benzene rings is 2. The van der Waals surface area contributed by atoms with E-state index in [1.54, 1.807) is 12.0 Å². The lowest BCUT2D eigenvalue weighted by molar-refractivity contribution is -0.120. The van der Waals surface area contributed by atoms with Gasteiger partial charge in [0, 0.05) is 12.2 Å². The van der Waals surface area contributed by atoms with E-state index in [0.29, 0.717) is 18.0 Å². The third-order valence-electron chi connectivity index (χ3n) is 3.36. The molecule has 0 bridgehead atoms. The molecule has 0 N–H and O–H groups in total. The van der Waals surface area contributed by atoms with Crippen LogP contribution in [0, 0.1) is 6.92 Å². The number of carbonyl (C=O) groups is 1. The largest absolute Gasteiger partial charge is 0.493 e. The van der Waals surface area contributed by atoms with Gasteiger partial charge in [-0.1, -0.05) is 24.3 Å². The molecule has 1 amide bonds. The molecule has 2 aromatic carbocycles. The zero-order valence-electron chi connectivity index (χ0n) is 13.2. The fourth-order valence-electron chi connectivity index (χ4n) is 2.22. The number of nitrogens with zero attached hydrogens (tertiary/aromatic N) is 1. The minimum atomic E-state index is -0.0867. The van der Waals surface area contributed by atoms with E-state index in [2.05, 4.69) is 0 Å². The Bertz CT molecular complexity index is 625. The molecular formula is C18H21NO3. The van der Waals surface area contributed by atoms with Crippen LogP contribution in [0.3, 0.4) is 0 Å². The predicted molar refractivity (Wildman–Crippen MR) is 87.7 cm³/mol. The fourth-order valence-corrected chi connectivity index (χ4v) is 2.22. The number of ether oxygens (including phenoxy) is 2. The number of anilines is 1. The SMILES string of the molecule is CCN(C(=O)COc1ccc(C)cc1OC)c1ccccc1. The van der Waals surface area contributed by atoms with Gasteiger partial charge in [-0.05, 0) is 43.7 Å². The van der Waals surface area contributed by atoms with Crippen molar-refractivity contribution < 1.29 is 14.3 Å². The van der Waals surface area contributed by atoms with Gasteiger partial charge in [-0.25, -0.2) is 0 Å². The van der Waals surface area contributed by atoms with Gasteiger partial charge in [0.05, 0.1) is 7.11 Å². The van der Waals surface area contributed by atoms with Crippen LogP contribution < -0.4 is 14.4 Å². The van der Waals surface area contributed by atoms with Crippen molar-refractivity contribution in [1.29, 1.82) is 0 Å². The Hall–Kier alpha value is -2.49. The average molecular weight is 299 g/mol. The molecule has 2 rings (SSSR count). The van der Waals surface area contributed by atoms with E-state index < -0.39 is 0 Å². The maximum Gasteiger partial charge on any atom is 0.264 e. The first-order valence-electron chi connectivity index (χ1n) is 7.28. The molecule has 0 radical (unpaired) electrons. The highest BCUT2D eigenvalue weighted by atomic mass is 16.5. The summed E-state index contributed by atoms with van der Waals surface area (Å²) in [5.41, 5.74) is 1.95. The van der Waals surface area contributed by atoms with Crippen molar-refractivity contribution in [1.82, 2.24) is 0 Å². The maximum atomic E-state index is 12.4. The molecule has 0 aliphatic rings. The van der Waals surface area contributed by atoms with Crippen LogP contribution >= 0.6 is 0 Å². The van der Waals surface area contributed by atoms with Crippen molar-refractivity contribution in [2.24, 2.45) is 0 Å². The Morgan fingerprint density at radius 1 is 1.09 bits per heavy atom. The summed E-state index contributed by atoms with van der Waals surface area (Å²) >= 11 is 0. The van der Waals surface area contributed by atoms with Crippen LogP contribution in [0.25, 0.3) is 0 Å². The van der Waals surface area contributed by atoms with Crippen molar-refractivity contribution in [2.75, 3.05) is 25.2 Å². The van der Waals surface area contributed by atoms with E-state index in [1.807, 2.05) is 62.4 Å². The third kappa shape index (κ3) is 3.79. The summed E-state index contributed by atoms with van der Waals surface area (Å²) in [6, 6.07) is 15.2. The van der Waals surface area contributed by atoms with Crippen LogP contribution in [0.5, 0.6) is 11.5 Å². The van der Waals surface area contributed by atoms with Crippen LogP contribution in [0.4, 0.5) is 5.69 Å². The monoisotopic (exact) mass is 299 g/mol. The Morgan fingerprint density at radius 3 is 2.45 bits per heavy atom. The Morgan fingerprint density at radius 2 is 1.82 bits per heavy atom. The van der Waals surface area contributed by atoms with Crippen LogP contribution in [0.2, 0.25) is 0 Å². The average Bonchev–Trinajstić information content (AvgIpc) is 2.55. The van der Waals surface area contributed by atoms with E-state index in [0.717, 1.165) is 11.3 Å². The number of rotatable bonds is 6. The summed E-state index contributed by atoms with van der Waals surface area (Å²) < 4.78 is 10.9. The fraction of sp³-hybridized carbons (Fsp3) is 0.278. The lowest BCUT2D eigenvalue weighted by atomic mass is 10.2. The molecule has 0 spiro atoms. The van der Waals surface area contributed by atoms with Gasteiger partial charge in [-0.2, -0.15) is 0 Å². The first-order valence-corrected chi connectivity index (χ1v) is 7.28. The summed E-state index contributed by atoms with van der Waals surface area (Å²) in [4.78, 5) is 14.1. The quantitative estimate of drug-likeness (QED) is 0.820. The van der Waals surface area contributed by atoms with Gasteiger partial charge < -0.3 is 14.4 Å². The van der Waals surface area contributed by atoms with Gasteiger partial charge in [0.2, 0.25) is 0 Å². The molecule has 0 heterocycles. The number of hydrogen-bond donors (Lipinski definition) is 0. The molecule has 4 heteroatoms. The maximum absolute atomic E-state index is 12.4. The van der Waals surface area contributed by atoms with Crippen LogP contribution in [-0.2, 0) is 4.79 Å². The number of para-hydroxylation sites is 1. The van der Waals surface area contributed by atoms with Crippen molar-refractivity contribution in [3.63, 3.8) is 0 Å². The molecule has 116 valence electrons. The molecule has 0 aromatic heterocycles. The van der Waals surface area contributed by atoms with E-state index in [1.165, 1.54) is 0 Å². The minimum absolute atomic E-state index is 0.0256. The Labute approximate surface area is 131 Å². The zero-order valence-corrected chi connectivity index (χ0v) is 13.2. The third-order valence-corrected chi connectivity index (χ3v) is 3.36. The zero-order chi connectivity index (χ0) is 15.9. The standard InChI is InChI=1S/C18H21NO3/c1-4-19(15-8-6-5-7-9-15)18(20)13-22-16-11-10-14(2)12-17(16)21-3/h5-12H,4,13H2,1-3H3. The number of aryl methyl sites for hydroxylation is 1. The number of hydrogen-bond acceptors (Lipinski definition) is 3. The topological polar surface area (TPSA) is 38.8 Å². The van der Waals surface area contributed by atoms with E-state index in [-0.39, 0.29) is 12.5 Å². The normalized spacial score (nSPS) is 10.1. The first-order chi connectivity index (χ1) is 10.7. The van der Waals surface area contributed by atoms with Gasteiger partial charge in [-0.3, -0.25) is 4.79 Å². The first kappa shape index (κ1) is 15.9. The lowest BCUT2D eigenvalue weighted by Crippen LogP contribution is -2.34. The van der Waals surface area contributed by atoms with Crippen molar-refractivity contribution >= 4 is 11.6 Å². The second-order valence-electron chi connectivity index (χ2n) is 4.92. The van der Waals surface area contributed by atoms with Crippen LogP contribution in [-0.4, -0.2) is 26.2 Å². The van der Waals surface area contributed by atoms with Gasteiger partial charge in [0.1, 0.15) is 0 Å². The second kappa shape index (κ2) is 7.50. The Kier molecular flexibility index (Phi) is 5.42. The Balaban J connectivity index is 2.06. The van der Waals surface area contributed by atoms with Gasteiger partial charge >= 0.3 is 0 Å². The summed E-state index contributed by atoms with van der Waals surface area (Å²) in [6.07, 6.45) is 0. The number of likely N-dealkylation sites (N-methyl/N-ethyl adjacent to an activating group) is 1. The van der Waals surface area contributed by atoms with E-state index in [9.17, 15) is 4.79 Å². The van der Waals surface area contributed by atoms with Gasteiger partial charge in [0.15, 0.2) is 18.1 Å². The molecule has 2 aromatic rings. The molecular weight excluding hydrogens is 278 g/mol. The van der Waals surface area contributed by atoms with E-state index >= 15 is 0 Å². The molecule has 0 saturated heterocycles. The second-order valence-corrected chi connectivity index (χ2v) is 4.92. The summed E-state index contributed by atoms with van der Waals surface area (Å²) in [6.45, 7) is 4.49. The lowest BCUT2D eigenvalue weighted by Gasteiger charge is -2.21. The van der Waals surface area contributed by atoms with E-state index in [4.69, 9.17) is 9.47 Å². The smallest absolute Gasteiger partial charge is 0.264 e. The molecule has 0 saturated carbocycles. The number of amides is 1. The molecule has 22 heavy (non-hydrogen) atoms. The molecule has 4 nitrogen and oxygen atoms in total. The summed E-state index contributed by atoms with van der Waals surface area (Å²) in [5.74, 6) is 1.12. The predicted octanol–water partition coefficient (Wildman–Crippen LogP) is 3.44. The van der Waals surface area contributed by atoms with Crippen molar-refractivity contribution in [2.45, 2.75) is 13.8 Å². The number of carbonyl (C=O) groups excluding carboxylic acids is 1. The van der Waals surface area contributed by atoms with Crippen molar-refractivity contribution in [3.8, 4) is 11.5 Å².